The van der Waals surface area contributed by atoms with Crippen LogP contribution >= 0.6 is 0 Å². The minimum absolute atomic E-state index is 0.0679. The summed E-state index contributed by atoms with van der Waals surface area (Å²) in [5, 5.41) is 10.2. The zero-order chi connectivity index (χ0) is 23.6. The maximum atomic E-state index is 13.3. The Labute approximate surface area is 201 Å². The monoisotopic (exact) mass is 472 g/mol. The zero-order valence-electron chi connectivity index (χ0n) is 19.0. The Morgan fingerprint density at radius 2 is 1.89 bits per heavy atom. The number of piperidine rings is 1. The standard InChI is InChI=1S/C25H24N6O4/c32-23(31-20(22-7-4-14-34-22)15-19(28-31)21-6-3-13-33-21)16-30-11-8-17(9-12-30)25-27-24(29-35-25)18-5-1-2-10-26-18/h1-7,10,13-14,17,20H,8-9,11-12,15-16H2. The molecule has 6 heterocycles. The van der Waals surface area contributed by atoms with Gasteiger partial charge in [0.05, 0.1) is 19.1 Å². The van der Waals surface area contributed by atoms with E-state index in [4.69, 9.17) is 13.4 Å². The summed E-state index contributed by atoms with van der Waals surface area (Å²) in [5.41, 5.74) is 1.43. The second kappa shape index (κ2) is 9.30. The van der Waals surface area contributed by atoms with E-state index >= 15 is 0 Å². The lowest BCUT2D eigenvalue weighted by atomic mass is 9.97. The van der Waals surface area contributed by atoms with Crippen molar-refractivity contribution in [2.45, 2.75) is 31.2 Å². The van der Waals surface area contributed by atoms with Gasteiger partial charge in [-0.1, -0.05) is 11.2 Å². The second-order valence-electron chi connectivity index (χ2n) is 8.72. The zero-order valence-corrected chi connectivity index (χ0v) is 19.0. The number of carbonyl (C=O) groups excluding carboxylic acids is 1. The molecule has 35 heavy (non-hydrogen) atoms. The van der Waals surface area contributed by atoms with E-state index in [0.717, 1.165) is 31.6 Å². The van der Waals surface area contributed by atoms with Crippen LogP contribution in [0.15, 0.2) is 79.6 Å². The van der Waals surface area contributed by atoms with Crippen LogP contribution in [0, 0.1) is 0 Å². The molecule has 10 nitrogen and oxygen atoms in total. The van der Waals surface area contributed by atoms with Crippen molar-refractivity contribution in [1.29, 1.82) is 0 Å². The normalized spacial score (nSPS) is 19.3. The molecule has 2 aliphatic heterocycles. The van der Waals surface area contributed by atoms with Crippen LogP contribution in [0.5, 0.6) is 0 Å². The van der Waals surface area contributed by atoms with E-state index in [9.17, 15) is 4.79 Å². The molecule has 1 amide bonds. The molecule has 0 bridgehead atoms. The van der Waals surface area contributed by atoms with Crippen LogP contribution < -0.4 is 0 Å². The highest BCUT2D eigenvalue weighted by atomic mass is 16.5. The minimum Gasteiger partial charge on any atom is -0.467 e. The largest absolute Gasteiger partial charge is 0.467 e. The van der Waals surface area contributed by atoms with Gasteiger partial charge in [-0.2, -0.15) is 10.1 Å². The fourth-order valence-electron chi connectivity index (χ4n) is 4.64. The van der Waals surface area contributed by atoms with Gasteiger partial charge in [-0.15, -0.1) is 0 Å². The highest BCUT2D eigenvalue weighted by molar-refractivity contribution is 6.01. The Kier molecular flexibility index (Phi) is 5.71. The van der Waals surface area contributed by atoms with Gasteiger partial charge in [0.2, 0.25) is 11.7 Å². The van der Waals surface area contributed by atoms with E-state index in [2.05, 4.69) is 25.1 Å². The van der Waals surface area contributed by atoms with Gasteiger partial charge < -0.3 is 13.4 Å². The predicted molar refractivity (Wildman–Crippen MR) is 124 cm³/mol. The molecular formula is C25H24N6O4. The van der Waals surface area contributed by atoms with Gasteiger partial charge in [0.25, 0.3) is 5.91 Å². The summed E-state index contributed by atoms with van der Waals surface area (Å²) < 4.78 is 16.6. The van der Waals surface area contributed by atoms with E-state index in [-0.39, 0.29) is 24.4 Å². The third-order valence-corrected chi connectivity index (χ3v) is 6.47. The molecule has 1 unspecified atom stereocenters. The van der Waals surface area contributed by atoms with Gasteiger partial charge in [0.1, 0.15) is 29.0 Å². The van der Waals surface area contributed by atoms with Crippen LogP contribution in [0.3, 0.4) is 0 Å². The SMILES string of the molecule is O=C(CN1CCC(c2nc(-c3ccccn3)no2)CC1)N1N=C(c2ccco2)CC1c1ccco1. The van der Waals surface area contributed by atoms with Crippen molar-refractivity contribution < 1.29 is 18.2 Å². The van der Waals surface area contributed by atoms with Crippen molar-refractivity contribution in [3.8, 4) is 11.5 Å². The summed E-state index contributed by atoms with van der Waals surface area (Å²) in [4.78, 5) is 24.3. The van der Waals surface area contributed by atoms with Crippen LogP contribution in [0.25, 0.3) is 11.5 Å². The Morgan fingerprint density at radius 3 is 2.63 bits per heavy atom. The summed E-state index contributed by atoms with van der Waals surface area (Å²) in [6, 6.07) is 12.7. The lowest BCUT2D eigenvalue weighted by Crippen LogP contribution is -2.41. The Morgan fingerprint density at radius 1 is 1.03 bits per heavy atom. The fourth-order valence-corrected chi connectivity index (χ4v) is 4.64. The van der Waals surface area contributed by atoms with Gasteiger partial charge in [-0.25, -0.2) is 5.01 Å². The third-order valence-electron chi connectivity index (χ3n) is 6.47. The first-order valence-electron chi connectivity index (χ1n) is 11.7. The molecule has 6 rings (SSSR count). The molecule has 0 aromatic carbocycles. The number of carbonyl (C=O) groups is 1. The molecule has 0 aliphatic carbocycles. The fraction of sp³-hybridized carbons (Fsp3) is 0.320. The smallest absolute Gasteiger partial charge is 0.257 e. The van der Waals surface area contributed by atoms with Gasteiger partial charge in [-0.05, 0) is 62.3 Å². The topological polar surface area (TPSA) is 114 Å². The number of hydrogen-bond donors (Lipinski definition) is 0. The number of pyridine rings is 1. The van der Waals surface area contributed by atoms with Gasteiger partial charge in [0, 0.05) is 18.5 Å². The van der Waals surface area contributed by atoms with Crippen LogP contribution in [0.4, 0.5) is 0 Å². The van der Waals surface area contributed by atoms with Gasteiger partial charge >= 0.3 is 0 Å². The Bertz CT molecular complexity index is 1290. The van der Waals surface area contributed by atoms with E-state index in [1.807, 2.05) is 42.5 Å². The first-order valence-corrected chi connectivity index (χ1v) is 11.7. The number of aromatic nitrogens is 3. The molecule has 4 aromatic heterocycles. The van der Waals surface area contributed by atoms with Crippen molar-refractivity contribution in [2.24, 2.45) is 5.10 Å². The first-order chi connectivity index (χ1) is 17.2. The van der Waals surface area contributed by atoms with Crippen LogP contribution in [-0.2, 0) is 4.79 Å². The molecular weight excluding hydrogens is 448 g/mol. The first kappa shape index (κ1) is 21.5. The van der Waals surface area contributed by atoms with E-state index in [1.54, 1.807) is 23.7 Å². The highest BCUT2D eigenvalue weighted by Gasteiger charge is 2.37. The number of rotatable bonds is 6. The number of likely N-dealkylation sites (tertiary alicyclic amines) is 1. The van der Waals surface area contributed by atoms with Crippen molar-refractivity contribution in [2.75, 3.05) is 19.6 Å². The summed E-state index contributed by atoms with van der Waals surface area (Å²) in [6.45, 7) is 1.79. The van der Waals surface area contributed by atoms with Crippen molar-refractivity contribution in [3.63, 3.8) is 0 Å². The van der Waals surface area contributed by atoms with Crippen molar-refractivity contribution >= 4 is 11.6 Å². The summed E-state index contributed by atoms with van der Waals surface area (Å²) in [5.74, 6) is 2.60. The lowest BCUT2D eigenvalue weighted by molar-refractivity contribution is -0.134. The average molecular weight is 473 g/mol. The van der Waals surface area contributed by atoms with E-state index in [1.165, 1.54) is 0 Å². The predicted octanol–water partition coefficient (Wildman–Crippen LogP) is 3.87. The molecule has 1 atom stereocenters. The number of amides is 1. The number of hydrogen-bond acceptors (Lipinski definition) is 9. The van der Waals surface area contributed by atoms with E-state index in [0.29, 0.717) is 35.4 Å². The highest BCUT2D eigenvalue weighted by Crippen LogP contribution is 2.34. The van der Waals surface area contributed by atoms with Gasteiger partial charge in [-0.3, -0.25) is 14.7 Å². The summed E-state index contributed by atoms with van der Waals surface area (Å²) >= 11 is 0. The quantitative estimate of drug-likeness (QED) is 0.415. The molecule has 1 fully saturated rings. The molecule has 178 valence electrons. The molecule has 10 heteroatoms. The molecule has 0 radical (unpaired) electrons. The summed E-state index contributed by atoms with van der Waals surface area (Å²) in [6.07, 6.45) is 7.14. The summed E-state index contributed by atoms with van der Waals surface area (Å²) in [7, 11) is 0. The number of hydrazone groups is 1. The van der Waals surface area contributed by atoms with E-state index < -0.39 is 0 Å². The maximum Gasteiger partial charge on any atom is 0.257 e. The molecule has 0 N–H and O–H groups in total. The van der Waals surface area contributed by atoms with Crippen molar-refractivity contribution in [1.82, 2.24) is 25.0 Å². The number of furan rings is 2. The van der Waals surface area contributed by atoms with Crippen LogP contribution in [-0.4, -0.2) is 56.3 Å². The lowest BCUT2D eigenvalue weighted by Gasteiger charge is -2.31. The molecule has 0 spiro atoms. The second-order valence-corrected chi connectivity index (χ2v) is 8.72. The maximum absolute atomic E-state index is 13.3. The molecule has 4 aromatic rings. The number of nitrogens with zero attached hydrogens (tertiary/aromatic N) is 6. The van der Waals surface area contributed by atoms with Crippen molar-refractivity contribution in [3.05, 3.63) is 78.6 Å². The molecule has 0 saturated carbocycles. The van der Waals surface area contributed by atoms with Gasteiger partial charge in [0.15, 0.2) is 0 Å². The third kappa shape index (κ3) is 4.40. The average Bonchev–Trinajstić information content (AvgIpc) is 3.71. The Balaban J connectivity index is 1.10. The van der Waals surface area contributed by atoms with Crippen LogP contribution in [0.1, 0.15) is 48.6 Å². The minimum atomic E-state index is -0.279. The molecule has 2 aliphatic rings. The molecule has 1 saturated heterocycles. The Hall–Kier alpha value is -4.05. The van der Waals surface area contributed by atoms with Crippen LogP contribution in [0.2, 0.25) is 0 Å².